The Kier molecular flexibility index (Phi) is 4.88. The third-order valence-electron chi connectivity index (χ3n) is 2.61. The number of ether oxygens (including phenoxy) is 1. The molecular weight excluding hydrogens is 297 g/mol. The summed E-state index contributed by atoms with van der Waals surface area (Å²) in [6, 6.07) is 14.0. The molecule has 0 saturated carbocycles. The molecule has 20 heavy (non-hydrogen) atoms. The minimum atomic E-state index is -0.672. The van der Waals surface area contributed by atoms with Gasteiger partial charge in [-0.25, -0.2) is 0 Å². The van der Waals surface area contributed by atoms with E-state index in [2.05, 4.69) is 5.32 Å². The molecule has 1 atom stereocenters. The van der Waals surface area contributed by atoms with Crippen molar-refractivity contribution in [1.29, 1.82) is 0 Å². The Labute approximate surface area is 127 Å². The maximum Gasteiger partial charge on any atom is 0.265 e. The predicted molar refractivity (Wildman–Crippen MR) is 81.6 cm³/mol. The second-order valence-electron chi connectivity index (χ2n) is 4.19. The van der Waals surface area contributed by atoms with Crippen LogP contribution in [0.1, 0.15) is 6.92 Å². The average Bonchev–Trinajstić information content (AvgIpc) is 2.43. The van der Waals surface area contributed by atoms with Crippen LogP contribution in [0.2, 0.25) is 10.0 Å². The van der Waals surface area contributed by atoms with Gasteiger partial charge in [0, 0.05) is 10.7 Å². The fraction of sp³-hybridized carbons (Fsp3) is 0.133. The lowest BCUT2D eigenvalue weighted by molar-refractivity contribution is -0.122. The number of para-hydroxylation sites is 1. The number of benzene rings is 2. The van der Waals surface area contributed by atoms with E-state index in [1.165, 1.54) is 0 Å². The van der Waals surface area contributed by atoms with E-state index in [1.54, 1.807) is 37.3 Å². The zero-order valence-corrected chi connectivity index (χ0v) is 12.3. The lowest BCUT2D eigenvalue weighted by atomic mass is 10.3. The summed E-state index contributed by atoms with van der Waals surface area (Å²) < 4.78 is 5.53. The van der Waals surface area contributed by atoms with Gasteiger partial charge in [0.2, 0.25) is 0 Å². The van der Waals surface area contributed by atoms with Gasteiger partial charge in [-0.05, 0) is 37.3 Å². The molecule has 2 aromatic rings. The molecule has 5 heteroatoms. The highest BCUT2D eigenvalue weighted by Gasteiger charge is 2.16. The van der Waals surface area contributed by atoms with E-state index in [4.69, 9.17) is 27.9 Å². The Bertz CT molecular complexity index is 602. The van der Waals surface area contributed by atoms with Crippen molar-refractivity contribution in [1.82, 2.24) is 0 Å². The molecule has 0 aliphatic rings. The first kappa shape index (κ1) is 14.7. The molecule has 0 saturated heterocycles. The van der Waals surface area contributed by atoms with Crippen LogP contribution in [0.25, 0.3) is 0 Å². The van der Waals surface area contributed by atoms with Crippen molar-refractivity contribution in [3.8, 4) is 5.75 Å². The number of amides is 1. The normalized spacial score (nSPS) is 11.8. The van der Waals surface area contributed by atoms with Crippen LogP contribution in [0.3, 0.4) is 0 Å². The first-order chi connectivity index (χ1) is 9.56. The number of hydrogen-bond donors (Lipinski definition) is 1. The van der Waals surface area contributed by atoms with Gasteiger partial charge in [0.05, 0.1) is 5.02 Å². The third kappa shape index (κ3) is 3.89. The molecule has 1 N–H and O–H groups in total. The summed E-state index contributed by atoms with van der Waals surface area (Å²) in [5.41, 5.74) is 0.718. The summed E-state index contributed by atoms with van der Waals surface area (Å²) in [5, 5.41) is 3.65. The maximum absolute atomic E-state index is 12.0. The van der Waals surface area contributed by atoms with Gasteiger partial charge in [-0.2, -0.15) is 0 Å². The number of halogens is 2. The van der Waals surface area contributed by atoms with Gasteiger partial charge in [0.1, 0.15) is 5.75 Å². The van der Waals surface area contributed by atoms with Gasteiger partial charge in [-0.3, -0.25) is 4.79 Å². The fourth-order valence-corrected chi connectivity index (χ4v) is 2.03. The summed E-state index contributed by atoms with van der Waals surface area (Å²) in [4.78, 5) is 12.0. The Morgan fingerprint density at radius 2 is 1.85 bits per heavy atom. The molecule has 0 heterocycles. The van der Waals surface area contributed by atoms with Crippen LogP contribution >= 0.6 is 23.2 Å². The zero-order valence-electron chi connectivity index (χ0n) is 10.8. The molecule has 0 aromatic heterocycles. The average molecular weight is 310 g/mol. The summed E-state index contributed by atoms with van der Waals surface area (Å²) in [5.74, 6) is 0.175. The van der Waals surface area contributed by atoms with E-state index in [0.29, 0.717) is 15.8 Å². The van der Waals surface area contributed by atoms with Gasteiger partial charge < -0.3 is 10.1 Å². The molecule has 0 aliphatic carbocycles. The summed E-state index contributed by atoms with van der Waals surface area (Å²) in [6.07, 6.45) is -0.672. The molecular formula is C15H13Cl2NO2. The molecule has 0 bridgehead atoms. The van der Waals surface area contributed by atoms with E-state index >= 15 is 0 Å². The van der Waals surface area contributed by atoms with E-state index in [9.17, 15) is 4.79 Å². The molecule has 0 unspecified atom stereocenters. The minimum Gasteiger partial charge on any atom is -0.479 e. The molecule has 1 amide bonds. The van der Waals surface area contributed by atoms with Crippen LogP contribution in [0.4, 0.5) is 5.69 Å². The maximum atomic E-state index is 12.0. The van der Waals surface area contributed by atoms with Crippen molar-refractivity contribution in [2.24, 2.45) is 0 Å². The van der Waals surface area contributed by atoms with E-state index in [-0.39, 0.29) is 5.91 Å². The van der Waals surface area contributed by atoms with Crippen LogP contribution in [0, 0.1) is 0 Å². The third-order valence-corrected chi connectivity index (χ3v) is 3.14. The summed E-state index contributed by atoms with van der Waals surface area (Å²) in [6.45, 7) is 1.66. The smallest absolute Gasteiger partial charge is 0.265 e. The number of carbonyl (C=O) groups excluding carboxylic acids is 1. The first-order valence-corrected chi connectivity index (χ1v) is 6.79. The largest absolute Gasteiger partial charge is 0.479 e. The monoisotopic (exact) mass is 309 g/mol. The molecule has 104 valence electrons. The predicted octanol–water partition coefficient (Wildman–Crippen LogP) is 4.40. The highest BCUT2D eigenvalue weighted by atomic mass is 35.5. The van der Waals surface area contributed by atoms with Crippen molar-refractivity contribution in [3.63, 3.8) is 0 Å². The van der Waals surface area contributed by atoms with Gasteiger partial charge in [-0.1, -0.05) is 41.4 Å². The SMILES string of the molecule is C[C@@H](Oc1ccc(Cl)cc1Cl)C(=O)Nc1ccccc1. The van der Waals surface area contributed by atoms with Crippen LogP contribution in [-0.2, 0) is 4.79 Å². The Morgan fingerprint density at radius 3 is 2.50 bits per heavy atom. The molecule has 2 rings (SSSR count). The quantitative estimate of drug-likeness (QED) is 0.909. The summed E-state index contributed by atoms with van der Waals surface area (Å²) in [7, 11) is 0. The molecule has 0 aliphatic heterocycles. The lowest BCUT2D eigenvalue weighted by Crippen LogP contribution is -2.30. The standard InChI is InChI=1S/C15H13Cl2NO2/c1-10(15(19)18-12-5-3-2-4-6-12)20-14-8-7-11(16)9-13(14)17/h2-10H,1H3,(H,18,19)/t10-/m1/s1. The molecule has 3 nitrogen and oxygen atoms in total. The van der Waals surface area contributed by atoms with Crippen molar-refractivity contribution in [3.05, 3.63) is 58.6 Å². The first-order valence-electron chi connectivity index (χ1n) is 6.04. The summed E-state index contributed by atoms with van der Waals surface area (Å²) >= 11 is 11.8. The number of nitrogens with one attached hydrogen (secondary N) is 1. The van der Waals surface area contributed by atoms with Crippen molar-refractivity contribution in [2.75, 3.05) is 5.32 Å². The van der Waals surface area contributed by atoms with E-state index < -0.39 is 6.10 Å². The van der Waals surface area contributed by atoms with Crippen LogP contribution in [0.5, 0.6) is 5.75 Å². The lowest BCUT2D eigenvalue weighted by Gasteiger charge is -2.15. The topological polar surface area (TPSA) is 38.3 Å². The molecule has 0 fully saturated rings. The van der Waals surface area contributed by atoms with Crippen LogP contribution in [0.15, 0.2) is 48.5 Å². The number of rotatable bonds is 4. The fourth-order valence-electron chi connectivity index (χ4n) is 1.58. The Hall–Kier alpha value is -1.71. The van der Waals surface area contributed by atoms with Crippen molar-refractivity contribution < 1.29 is 9.53 Å². The van der Waals surface area contributed by atoms with Gasteiger partial charge in [-0.15, -0.1) is 0 Å². The second kappa shape index (κ2) is 6.64. The molecule has 0 spiro atoms. The van der Waals surface area contributed by atoms with E-state index in [0.717, 1.165) is 5.69 Å². The Morgan fingerprint density at radius 1 is 1.15 bits per heavy atom. The van der Waals surface area contributed by atoms with Gasteiger partial charge in [0.25, 0.3) is 5.91 Å². The molecule has 0 radical (unpaired) electrons. The molecule has 2 aromatic carbocycles. The number of anilines is 1. The van der Waals surface area contributed by atoms with Crippen LogP contribution < -0.4 is 10.1 Å². The number of carbonyl (C=O) groups is 1. The van der Waals surface area contributed by atoms with Crippen molar-refractivity contribution in [2.45, 2.75) is 13.0 Å². The van der Waals surface area contributed by atoms with Gasteiger partial charge >= 0.3 is 0 Å². The van der Waals surface area contributed by atoms with Crippen molar-refractivity contribution >= 4 is 34.8 Å². The number of hydrogen-bond acceptors (Lipinski definition) is 2. The minimum absolute atomic E-state index is 0.248. The van der Waals surface area contributed by atoms with Gasteiger partial charge in [0.15, 0.2) is 6.10 Å². The Balaban J connectivity index is 2.00. The van der Waals surface area contributed by atoms with E-state index in [1.807, 2.05) is 18.2 Å². The van der Waals surface area contributed by atoms with Crippen LogP contribution in [-0.4, -0.2) is 12.0 Å². The zero-order chi connectivity index (χ0) is 14.5. The highest BCUT2D eigenvalue weighted by Crippen LogP contribution is 2.28. The second-order valence-corrected chi connectivity index (χ2v) is 5.03. The highest BCUT2D eigenvalue weighted by molar-refractivity contribution is 6.35.